The van der Waals surface area contributed by atoms with E-state index in [-0.39, 0.29) is 4.90 Å². The lowest BCUT2D eigenvalue weighted by molar-refractivity contribution is -0.119. The van der Waals surface area contributed by atoms with Crippen LogP contribution in [0.3, 0.4) is 0 Å². The lowest BCUT2D eigenvalue weighted by Gasteiger charge is -2.25. The number of aromatic nitrogens is 1. The zero-order valence-electron chi connectivity index (χ0n) is 21.6. The third-order valence-corrected chi connectivity index (χ3v) is 8.18. The Balaban J connectivity index is 1.57. The fourth-order valence-corrected chi connectivity index (χ4v) is 6.07. The second-order valence-corrected chi connectivity index (χ2v) is 11.3. The zero-order valence-corrected chi connectivity index (χ0v) is 23.2. The Morgan fingerprint density at radius 3 is 2.39 bits per heavy atom. The van der Waals surface area contributed by atoms with Gasteiger partial charge in [-0.05, 0) is 87.4 Å². The normalized spacial score (nSPS) is 11.6. The highest BCUT2D eigenvalue weighted by molar-refractivity contribution is 7.92. The predicted molar refractivity (Wildman–Crippen MR) is 153 cm³/mol. The molecule has 0 bridgehead atoms. The van der Waals surface area contributed by atoms with Gasteiger partial charge in [0.05, 0.1) is 16.8 Å². The Hall–Kier alpha value is -3.88. The molecule has 1 aromatic heterocycles. The van der Waals surface area contributed by atoms with E-state index >= 15 is 0 Å². The maximum Gasteiger partial charge on any atom is 0.264 e. The fraction of sp³-hybridized carbons (Fsp3) is 0.172. The molecular weight excluding hydrogens is 520 g/mol. The van der Waals surface area contributed by atoms with Crippen molar-refractivity contribution in [2.75, 3.05) is 10.8 Å². The smallest absolute Gasteiger partial charge is 0.264 e. The number of halogens is 1. The van der Waals surface area contributed by atoms with Crippen LogP contribution in [0.25, 0.3) is 5.69 Å². The number of aryl methyl sites for hydroxylation is 3. The van der Waals surface area contributed by atoms with Crippen LogP contribution in [0.4, 0.5) is 5.69 Å². The van der Waals surface area contributed by atoms with Gasteiger partial charge >= 0.3 is 0 Å². The van der Waals surface area contributed by atoms with Gasteiger partial charge in [-0.15, -0.1) is 0 Å². The van der Waals surface area contributed by atoms with E-state index in [1.54, 1.807) is 49.5 Å². The number of carbonyl (C=O) groups excluding carboxylic acids is 1. The Labute approximate surface area is 228 Å². The summed E-state index contributed by atoms with van der Waals surface area (Å²) in [7, 11) is -4.03. The summed E-state index contributed by atoms with van der Waals surface area (Å²) in [6.07, 6.45) is 1.57. The van der Waals surface area contributed by atoms with Gasteiger partial charge in [0.15, 0.2) is 0 Å². The van der Waals surface area contributed by atoms with Crippen LogP contribution < -0.4 is 9.73 Å². The standard InChI is InChI=1S/C29H29ClN4O3S/c1-20-9-8-10-26(15-20)34-22(3)17-24(23(34)4)18-31-32-29(35)19-33(28-14-13-25(30)16-21(28)2)38(36,37)27-11-6-5-7-12-27/h5-18H,19H2,1-4H3,(H,32,35)/b31-18-. The first kappa shape index (κ1) is 27.2. The maximum absolute atomic E-state index is 13.5. The molecule has 0 spiro atoms. The molecule has 1 amide bonds. The average molecular weight is 549 g/mol. The SMILES string of the molecule is Cc1cccc(-n2c(C)cc(/C=N\NC(=O)CN(c3ccc(Cl)cc3C)S(=O)(=O)c3ccccc3)c2C)c1. The van der Waals surface area contributed by atoms with Crippen LogP contribution in [0.5, 0.6) is 0 Å². The maximum atomic E-state index is 13.5. The number of amides is 1. The molecule has 0 radical (unpaired) electrons. The largest absolute Gasteiger partial charge is 0.318 e. The number of nitrogens with one attached hydrogen (secondary N) is 1. The number of sulfonamides is 1. The third kappa shape index (κ3) is 5.82. The van der Waals surface area contributed by atoms with Crippen molar-refractivity contribution >= 4 is 39.4 Å². The van der Waals surface area contributed by atoms with Gasteiger partial charge in [-0.1, -0.05) is 41.9 Å². The second-order valence-electron chi connectivity index (χ2n) is 9.05. The Morgan fingerprint density at radius 2 is 1.71 bits per heavy atom. The van der Waals surface area contributed by atoms with Crippen LogP contribution in [0, 0.1) is 27.7 Å². The molecule has 3 aromatic carbocycles. The monoisotopic (exact) mass is 548 g/mol. The van der Waals surface area contributed by atoms with Crippen molar-refractivity contribution in [1.82, 2.24) is 9.99 Å². The van der Waals surface area contributed by atoms with Crippen LogP contribution in [0.1, 0.15) is 28.1 Å². The van der Waals surface area contributed by atoms with Gasteiger partial charge in [0.2, 0.25) is 0 Å². The molecule has 4 rings (SSSR count). The molecule has 0 aliphatic rings. The summed E-state index contributed by atoms with van der Waals surface area (Å²) in [5.41, 5.74) is 8.50. The molecule has 4 aromatic rings. The van der Waals surface area contributed by atoms with Gasteiger partial charge < -0.3 is 4.57 Å². The molecular formula is C29H29ClN4O3S. The molecule has 38 heavy (non-hydrogen) atoms. The lowest BCUT2D eigenvalue weighted by Crippen LogP contribution is -2.40. The number of benzene rings is 3. The van der Waals surface area contributed by atoms with E-state index in [1.807, 2.05) is 45.0 Å². The van der Waals surface area contributed by atoms with E-state index in [1.165, 1.54) is 12.1 Å². The van der Waals surface area contributed by atoms with Crippen molar-refractivity contribution in [1.29, 1.82) is 0 Å². The molecule has 0 aliphatic heterocycles. The molecule has 7 nitrogen and oxygen atoms in total. The third-order valence-electron chi connectivity index (χ3n) is 6.17. The van der Waals surface area contributed by atoms with Crippen LogP contribution in [0.2, 0.25) is 5.02 Å². The first-order chi connectivity index (χ1) is 18.1. The predicted octanol–water partition coefficient (Wildman–Crippen LogP) is 5.71. The quantitative estimate of drug-likeness (QED) is 0.226. The van der Waals surface area contributed by atoms with E-state index in [4.69, 9.17) is 11.6 Å². The molecule has 0 unspecified atom stereocenters. The van der Waals surface area contributed by atoms with E-state index < -0.39 is 22.5 Å². The number of hydrogen-bond acceptors (Lipinski definition) is 4. The highest BCUT2D eigenvalue weighted by Crippen LogP contribution is 2.29. The molecule has 9 heteroatoms. The van der Waals surface area contributed by atoms with Gasteiger partial charge in [-0.2, -0.15) is 5.10 Å². The average Bonchev–Trinajstić information content (AvgIpc) is 3.16. The van der Waals surface area contributed by atoms with Crippen LogP contribution >= 0.6 is 11.6 Å². The first-order valence-corrected chi connectivity index (χ1v) is 13.8. The molecule has 0 fully saturated rings. The minimum atomic E-state index is -4.03. The van der Waals surface area contributed by atoms with Crippen LogP contribution in [-0.2, 0) is 14.8 Å². The van der Waals surface area contributed by atoms with Gasteiger partial charge in [-0.3, -0.25) is 9.10 Å². The highest BCUT2D eigenvalue weighted by Gasteiger charge is 2.28. The number of anilines is 1. The lowest BCUT2D eigenvalue weighted by atomic mass is 10.2. The topological polar surface area (TPSA) is 83.8 Å². The minimum Gasteiger partial charge on any atom is -0.318 e. The fourth-order valence-electron chi connectivity index (χ4n) is 4.34. The summed E-state index contributed by atoms with van der Waals surface area (Å²) >= 11 is 6.09. The Bertz CT molecular complexity index is 1610. The highest BCUT2D eigenvalue weighted by atomic mass is 35.5. The van der Waals surface area contributed by atoms with Crippen molar-refractivity contribution in [2.45, 2.75) is 32.6 Å². The minimum absolute atomic E-state index is 0.0780. The number of rotatable bonds is 8. The number of hydrazone groups is 1. The molecule has 0 saturated carbocycles. The van der Waals surface area contributed by atoms with E-state index in [0.29, 0.717) is 16.3 Å². The number of nitrogens with zero attached hydrogens (tertiary/aromatic N) is 3. The Kier molecular flexibility index (Phi) is 8.04. The summed E-state index contributed by atoms with van der Waals surface area (Å²) in [5, 5.41) is 4.60. The van der Waals surface area contributed by atoms with E-state index in [9.17, 15) is 13.2 Å². The van der Waals surface area contributed by atoms with E-state index in [0.717, 1.165) is 32.5 Å². The van der Waals surface area contributed by atoms with Crippen molar-refractivity contribution < 1.29 is 13.2 Å². The van der Waals surface area contributed by atoms with Gasteiger partial charge in [0.1, 0.15) is 6.54 Å². The zero-order chi connectivity index (χ0) is 27.4. The van der Waals surface area contributed by atoms with Gasteiger partial charge in [-0.25, -0.2) is 13.8 Å². The van der Waals surface area contributed by atoms with Crippen molar-refractivity contribution in [3.8, 4) is 5.69 Å². The number of carbonyl (C=O) groups is 1. The van der Waals surface area contributed by atoms with E-state index in [2.05, 4.69) is 21.2 Å². The first-order valence-electron chi connectivity index (χ1n) is 12.0. The molecule has 1 heterocycles. The van der Waals surface area contributed by atoms with Crippen molar-refractivity contribution in [2.24, 2.45) is 5.10 Å². The Morgan fingerprint density at radius 1 is 0.974 bits per heavy atom. The van der Waals surface area contributed by atoms with Crippen LogP contribution in [-0.4, -0.2) is 31.7 Å². The molecule has 196 valence electrons. The molecule has 0 saturated heterocycles. The summed E-state index contributed by atoms with van der Waals surface area (Å²) in [4.78, 5) is 13.0. The summed E-state index contributed by atoms with van der Waals surface area (Å²) in [5.74, 6) is -0.581. The molecule has 0 atom stereocenters. The summed E-state index contributed by atoms with van der Waals surface area (Å²) < 4.78 is 30.2. The second kappa shape index (κ2) is 11.2. The van der Waals surface area contributed by atoms with Gasteiger partial charge in [0.25, 0.3) is 15.9 Å². The summed E-state index contributed by atoms with van der Waals surface area (Å²) in [6.45, 7) is 7.32. The summed E-state index contributed by atoms with van der Waals surface area (Å²) in [6, 6.07) is 23.0. The van der Waals surface area contributed by atoms with Gasteiger partial charge in [0, 0.05) is 27.7 Å². The van der Waals surface area contributed by atoms with Crippen molar-refractivity contribution in [3.63, 3.8) is 0 Å². The molecule has 1 N–H and O–H groups in total. The van der Waals surface area contributed by atoms with Crippen molar-refractivity contribution in [3.05, 3.63) is 112 Å². The van der Waals surface area contributed by atoms with Crippen LogP contribution in [0.15, 0.2) is 88.9 Å². The molecule has 0 aliphatic carbocycles. The number of hydrogen-bond donors (Lipinski definition) is 1.